The van der Waals surface area contributed by atoms with Gasteiger partial charge in [-0.05, 0) is 18.2 Å². The Morgan fingerprint density at radius 2 is 1.94 bits per heavy atom. The molecule has 0 saturated heterocycles. The summed E-state index contributed by atoms with van der Waals surface area (Å²) in [5.74, 6) is -2.56. The second-order valence-corrected chi connectivity index (χ2v) is 7.32. The molecule has 1 amide bonds. The van der Waals surface area contributed by atoms with Crippen LogP contribution in [-0.4, -0.2) is 39.1 Å². The SMILES string of the molecule is COCCn1cc(-c2nc(C(=O)NCc3c(F)cccc3F)c(N)nc2-c2ncco2)ccc1=O. The van der Waals surface area contributed by atoms with Gasteiger partial charge in [0.25, 0.3) is 11.5 Å². The topological polar surface area (TPSA) is 138 Å². The Morgan fingerprint density at radius 3 is 2.63 bits per heavy atom. The number of hydrogen-bond acceptors (Lipinski definition) is 8. The fourth-order valence-corrected chi connectivity index (χ4v) is 3.30. The van der Waals surface area contributed by atoms with E-state index >= 15 is 0 Å². The summed E-state index contributed by atoms with van der Waals surface area (Å²) in [5, 5.41) is 2.41. The summed E-state index contributed by atoms with van der Waals surface area (Å²) in [5.41, 5.74) is 5.87. The molecular weight excluding hydrogens is 462 g/mol. The molecule has 4 rings (SSSR count). The fourth-order valence-electron chi connectivity index (χ4n) is 3.30. The average molecular weight is 482 g/mol. The van der Waals surface area contributed by atoms with Crippen LogP contribution in [0.4, 0.5) is 14.6 Å². The molecule has 0 aliphatic rings. The van der Waals surface area contributed by atoms with Gasteiger partial charge >= 0.3 is 0 Å². The van der Waals surface area contributed by atoms with E-state index in [1.807, 2.05) is 0 Å². The number of pyridine rings is 1. The minimum atomic E-state index is -0.803. The first kappa shape index (κ1) is 23.7. The van der Waals surface area contributed by atoms with E-state index < -0.39 is 24.1 Å². The van der Waals surface area contributed by atoms with Crippen molar-refractivity contribution in [2.45, 2.75) is 13.1 Å². The predicted octanol–water partition coefficient (Wildman–Crippen LogP) is 2.40. The molecular formula is C23H20F2N6O4. The van der Waals surface area contributed by atoms with Crippen LogP contribution in [0.2, 0.25) is 0 Å². The number of oxazole rings is 1. The number of hydrogen-bond donors (Lipinski definition) is 2. The van der Waals surface area contributed by atoms with Crippen LogP contribution < -0.4 is 16.6 Å². The summed E-state index contributed by atoms with van der Waals surface area (Å²) in [7, 11) is 1.51. The normalized spacial score (nSPS) is 10.9. The molecule has 0 fully saturated rings. The Morgan fingerprint density at radius 1 is 1.17 bits per heavy atom. The average Bonchev–Trinajstić information content (AvgIpc) is 3.38. The lowest BCUT2D eigenvalue weighted by atomic mass is 10.1. The van der Waals surface area contributed by atoms with E-state index in [0.717, 1.165) is 12.1 Å². The van der Waals surface area contributed by atoms with Crippen LogP contribution in [0.3, 0.4) is 0 Å². The molecule has 4 aromatic rings. The van der Waals surface area contributed by atoms with Crippen molar-refractivity contribution in [2.75, 3.05) is 19.5 Å². The third-order valence-corrected chi connectivity index (χ3v) is 5.05. The molecule has 0 atom stereocenters. The van der Waals surface area contributed by atoms with Crippen molar-refractivity contribution >= 4 is 11.7 Å². The number of anilines is 1. The summed E-state index contributed by atoms with van der Waals surface area (Å²) >= 11 is 0. The highest BCUT2D eigenvalue weighted by atomic mass is 19.1. The second-order valence-electron chi connectivity index (χ2n) is 7.32. The van der Waals surface area contributed by atoms with Crippen LogP contribution in [-0.2, 0) is 17.8 Å². The maximum Gasteiger partial charge on any atom is 0.274 e. The van der Waals surface area contributed by atoms with Crippen molar-refractivity contribution in [3.8, 4) is 22.8 Å². The van der Waals surface area contributed by atoms with Crippen LogP contribution in [0.5, 0.6) is 0 Å². The molecule has 3 heterocycles. The Labute approximate surface area is 197 Å². The Bertz CT molecular complexity index is 1400. The quantitative estimate of drug-likeness (QED) is 0.390. The number of nitrogens with one attached hydrogen (secondary N) is 1. The van der Waals surface area contributed by atoms with Crippen LogP contribution in [0.15, 0.2) is 58.2 Å². The molecule has 3 N–H and O–H groups in total. The molecule has 0 saturated carbocycles. The maximum absolute atomic E-state index is 13.9. The zero-order valence-electron chi connectivity index (χ0n) is 18.5. The molecule has 3 aromatic heterocycles. The fraction of sp³-hybridized carbons (Fsp3) is 0.174. The van der Waals surface area contributed by atoms with Crippen molar-refractivity contribution in [1.29, 1.82) is 0 Å². The Hall–Kier alpha value is -4.45. The standard InChI is InChI=1S/C23H20F2N6O4/c1-34-10-8-31-12-13(5-6-17(31)32)18-19(23-27-7-9-35-23)30-21(26)20(29-18)22(33)28-11-14-15(24)3-2-4-16(14)25/h2-7,9,12H,8,10-11H2,1H3,(H2,26,30)(H,28,33). The molecule has 0 radical (unpaired) electrons. The van der Waals surface area contributed by atoms with Gasteiger partial charge in [-0.15, -0.1) is 0 Å². The number of nitrogens with two attached hydrogens (primary N) is 1. The van der Waals surface area contributed by atoms with Gasteiger partial charge in [0.05, 0.1) is 12.8 Å². The first-order chi connectivity index (χ1) is 16.9. The smallest absolute Gasteiger partial charge is 0.274 e. The highest BCUT2D eigenvalue weighted by Crippen LogP contribution is 2.29. The number of nitrogens with zero attached hydrogens (tertiary/aromatic N) is 4. The number of benzene rings is 1. The van der Waals surface area contributed by atoms with Gasteiger partial charge in [-0.3, -0.25) is 9.59 Å². The number of rotatable bonds is 8. The lowest BCUT2D eigenvalue weighted by Gasteiger charge is -2.13. The van der Waals surface area contributed by atoms with Gasteiger partial charge < -0.3 is 24.8 Å². The van der Waals surface area contributed by atoms with Crippen LogP contribution in [0.1, 0.15) is 16.1 Å². The van der Waals surface area contributed by atoms with E-state index in [1.54, 1.807) is 0 Å². The number of carbonyl (C=O) groups is 1. The summed E-state index contributed by atoms with van der Waals surface area (Å²) < 4.78 is 39.7. The van der Waals surface area contributed by atoms with Gasteiger partial charge in [-0.2, -0.15) is 0 Å². The first-order valence-corrected chi connectivity index (χ1v) is 10.4. The van der Waals surface area contributed by atoms with Crippen molar-refractivity contribution in [2.24, 2.45) is 0 Å². The van der Waals surface area contributed by atoms with E-state index in [0.29, 0.717) is 12.2 Å². The van der Waals surface area contributed by atoms with Crippen LogP contribution >= 0.6 is 0 Å². The molecule has 12 heteroatoms. The molecule has 0 bridgehead atoms. The van der Waals surface area contributed by atoms with Gasteiger partial charge in [0.1, 0.15) is 23.6 Å². The molecule has 0 aliphatic carbocycles. The zero-order chi connectivity index (χ0) is 24.9. The summed E-state index contributed by atoms with van der Waals surface area (Å²) in [4.78, 5) is 37.8. The van der Waals surface area contributed by atoms with E-state index in [2.05, 4.69) is 20.3 Å². The number of nitrogen functional groups attached to an aromatic ring is 1. The highest BCUT2D eigenvalue weighted by Gasteiger charge is 2.23. The second kappa shape index (κ2) is 10.2. The van der Waals surface area contributed by atoms with E-state index in [9.17, 15) is 18.4 Å². The van der Waals surface area contributed by atoms with Gasteiger partial charge in [-0.25, -0.2) is 23.7 Å². The first-order valence-electron chi connectivity index (χ1n) is 10.4. The zero-order valence-corrected chi connectivity index (χ0v) is 18.5. The van der Waals surface area contributed by atoms with Crippen molar-refractivity contribution in [3.63, 3.8) is 0 Å². The third kappa shape index (κ3) is 5.06. The Kier molecular flexibility index (Phi) is 6.92. The van der Waals surface area contributed by atoms with Crippen LogP contribution in [0.25, 0.3) is 22.8 Å². The number of ether oxygens (including phenoxy) is 1. The molecule has 1 aromatic carbocycles. The molecule has 0 unspecified atom stereocenters. The monoisotopic (exact) mass is 482 g/mol. The third-order valence-electron chi connectivity index (χ3n) is 5.05. The van der Waals surface area contributed by atoms with E-state index in [4.69, 9.17) is 14.9 Å². The summed E-state index contributed by atoms with van der Waals surface area (Å²) in [6.07, 6.45) is 4.27. The van der Waals surface area contributed by atoms with Gasteiger partial charge in [-0.1, -0.05) is 6.07 Å². The Balaban J connectivity index is 1.75. The number of carbonyl (C=O) groups excluding carboxylic acids is 1. The largest absolute Gasteiger partial charge is 0.443 e. The van der Waals surface area contributed by atoms with E-state index in [1.165, 1.54) is 48.5 Å². The van der Waals surface area contributed by atoms with Crippen molar-refractivity contribution in [3.05, 3.63) is 82.2 Å². The maximum atomic E-state index is 13.9. The van der Waals surface area contributed by atoms with Gasteiger partial charge in [0.15, 0.2) is 17.2 Å². The van der Waals surface area contributed by atoms with Crippen molar-refractivity contribution < 1.29 is 22.7 Å². The molecule has 35 heavy (non-hydrogen) atoms. The number of methoxy groups -OCH3 is 1. The number of amides is 1. The van der Waals surface area contributed by atoms with E-state index in [-0.39, 0.29) is 46.5 Å². The minimum absolute atomic E-state index is 0.0919. The highest BCUT2D eigenvalue weighted by molar-refractivity contribution is 5.97. The van der Waals surface area contributed by atoms with Gasteiger partial charge in [0.2, 0.25) is 5.89 Å². The minimum Gasteiger partial charge on any atom is -0.443 e. The lowest BCUT2D eigenvalue weighted by molar-refractivity contribution is 0.0946. The molecule has 0 aliphatic heterocycles. The lowest BCUT2D eigenvalue weighted by Crippen LogP contribution is -2.27. The molecule has 180 valence electrons. The number of halogens is 2. The molecule has 10 nitrogen and oxygen atoms in total. The summed E-state index contributed by atoms with van der Waals surface area (Å²) in [6, 6.07) is 6.23. The predicted molar refractivity (Wildman–Crippen MR) is 121 cm³/mol. The van der Waals surface area contributed by atoms with Crippen molar-refractivity contribution in [1.82, 2.24) is 24.8 Å². The summed E-state index contributed by atoms with van der Waals surface area (Å²) in [6.45, 7) is 0.141. The number of aromatic nitrogens is 4. The van der Waals surface area contributed by atoms with Crippen LogP contribution in [0, 0.1) is 11.6 Å². The molecule has 0 spiro atoms. The van der Waals surface area contributed by atoms with Gasteiger partial charge in [0, 0.05) is 43.6 Å².